The van der Waals surface area contributed by atoms with Gasteiger partial charge in [-0.15, -0.1) is 10.1 Å². The highest BCUT2D eigenvalue weighted by Crippen LogP contribution is 2.35. The lowest BCUT2D eigenvalue weighted by Crippen LogP contribution is -2.40. The highest BCUT2D eigenvalue weighted by molar-refractivity contribution is 6.39. The summed E-state index contributed by atoms with van der Waals surface area (Å²) in [5.41, 5.74) is 6.44. The minimum absolute atomic E-state index is 0.0742. The van der Waals surface area contributed by atoms with E-state index in [9.17, 15) is 14.9 Å². The molecule has 1 aromatic carbocycles. The van der Waals surface area contributed by atoms with Crippen molar-refractivity contribution in [3.8, 4) is 0 Å². The number of nitrogens with one attached hydrogen (secondary N) is 1. The standard InChI is InChI=1S/C15H19Cl2N5O6/c1-9(28-15(23)26-5-2-6-27-22(24)25)21-4-3-19-14(21)20-13-11(16)7-10(18)8-12(13)17/h7-9H,2-6,18H2,1H3,(H,19,20). The molecule has 0 spiro atoms. The van der Waals surface area contributed by atoms with Gasteiger partial charge in [0.25, 0.3) is 5.09 Å². The first-order valence-corrected chi connectivity index (χ1v) is 8.98. The molecule has 28 heavy (non-hydrogen) atoms. The number of aliphatic imine (C=N–C) groups is 1. The van der Waals surface area contributed by atoms with Gasteiger partial charge in [0.05, 0.1) is 23.3 Å². The smallest absolute Gasteiger partial charge is 0.434 e. The molecule has 2 rings (SSSR count). The van der Waals surface area contributed by atoms with Crippen molar-refractivity contribution in [1.82, 2.24) is 10.2 Å². The number of ether oxygens (including phenoxy) is 2. The second-order valence-corrected chi connectivity index (χ2v) is 6.43. The number of anilines is 1. The normalized spacial score (nSPS) is 15.8. The van der Waals surface area contributed by atoms with Crippen LogP contribution in [-0.4, -0.2) is 54.6 Å². The van der Waals surface area contributed by atoms with Crippen molar-refractivity contribution in [3.05, 3.63) is 32.3 Å². The van der Waals surface area contributed by atoms with E-state index in [1.165, 1.54) is 12.1 Å². The van der Waals surface area contributed by atoms with Crippen LogP contribution in [0.3, 0.4) is 0 Å². The molecule has 1 aromatic rings. The van der Waals surface area contributed by atoms with Gasteiger partial charge < -0.3 is 30.3 Å². The van der Waals surface area contributed by atoms with Crippen LogP contribution in [0, 0.1) is 10.1 Å². The lowest BCUT2D eigenvalue weighted by molar-refractivity contribution is -0.757. The molecule has 1 unspecified atom stereocenters. The fraction of sp³-hybridized carbons (Fsp3) is 0.467. The number of guanidine groups is 1. The third-order valence-electron chi connectivity index (χ3n) is 3.58. The molecule has 0 amide bonds. The van der Waals surface area contributed by atoms with Crippen LogP contribution in [0.5, 0.6) is 0 Å². The molecule has 0 bridgehead atoms. The van der Waals surface area contributed by atoms with Crippen LogP contribution in [0.15, 0.2) is 17.1 Å². The molecule has 1 aliphatic heterocycles. The summed E-state index contributed by atoms with van der Waals surface area (Å²) in [6.45, 7) is 2.49. The van der Waals surface area contributed by atoms with E-state index >= 15 is 0 Å². The zero-order valence-corrected chi connectivity index (χ0v) is 16.4. The molecule has 1 heterocycles. The Hall–Kier alpha value is -2.66. The topological polar surface area (TPSA) is 142 Å². The van der Waals surface area contributed by atoms with Crippen molar-refractivity contribution in [1.29, 1.82) is 0 Å². The van der Waals surface area contributed by atoms with Crippen molar-refractivity contribution >= 4 is 46.7 Å². The van der Waals surface area contributed by atoms with Gasteiger partial charge in [0.15, 0.2) is 6.23 Å². The highest BCUT2D eigenvalue weighted by atomic mass is 35.5. The van der Waals surface area contributed by atoms with Crippen LogP contribution in [0.1, 0.15) is 13.3 Å². The summed E-state index contributed by atoms with van der Waals surface area (Å²) in [4.78, 5) is 32.0. The summed E-state index contributed by atoms with van der Waals surface area (Å²) >= 11 is 12.3. The van der Waals surface area contributed by atoms with E-state index in [1.807, 2.05) is 0 Å². The predicted octanol–water partition coefficient (Wildman–Crippen LogP) is 2.57. The Morgan fingerprint density at radius 2 is 2.11 bits per heavy atom. The number of benzene rings is 1. The van der Waals surface area contributed by atoms with E-state index in [4.69, 9.17) is 38.4 Å². The number of hydrogen-bond donors (Lipinski definition) is 2. The Morgan fingerprint density at radius 1 is 1.43 bits per heavy atom. The molecule has 13 heteroatoms. The van der Waals surface area contributed by atoms with Crippen molar-refractivity contribution in [3.63, 3.8) is 0 Å². The Morgan fingerprint density at radius 3 is 2.75 bits per heavy atom. The van der Waals surface area contributed by atoms with Gasteiger partial charge in [0.2, 0.25) is 5.96 Å². The quantitative estimate of drug-likeness (QED) is 0.207. The lowest BCUT2D eigenvalue weighted by atomic mass is 10.3. The van der Waals surface area contributed by atoms with E-state index in [-0.39, 0.29) is 29.7 Å². The monoisotopic (exact) mass is 435 g/mol. The zero-order valence-electron chi connectivity index (χ0n) is 14.9. The minimum atomic E-state index is -0.915. The average molecular weight is 436 g/mol. The molecule has 154 valence electrons. The largest absolute Gasteiger partial charge is 0.510 e. The summed E-state index contributed by atoms with van der Waals surface area (Å²) in [6.07, 6.45) is -1.44. The van der Waals surface area contributed by atoms with Gasteiger partial charge in [0, 0.05) is 25.2 Å². The van der Waals surface area contributed by atoms with Crippen LogP contribution in [0.25, 0.3) is 0 Å². The molecule has 3 N–H and O–H groups in total. The molecular weight excluding hydrogens is 417 g/mol. The molecule has 0 aliphatic carbocycles. The second-order valence-electron chi connectivity index (χ2n) is 5.61. The molecular formula is C15H19Cl2N5O6. The Bertz CT molecular complexity index is 739. The first-order valence-electron chi connectivity index (χ1n) is 8.22. The number of carbonyl (C=O) groups excluding carboxylic acids is 1. The summed E-state index contributed by atoms with van der Waals surface area (Å²) in [5.74, 6) is 0.424. The fourth-order valence-electron chi connectivity index (χ4n) is 2.34. The molecule has 11 nitrogen and oxygen atoms in total. The number of carbonyl (C=O) groups is 1. The zero-order chi connectivity index (χ0) is 20.7. The number of nitrogen functional groups attached to an aromatic ring is 1. The Balaban J connectivity index is 1.93. The van der Waals surface area contributed by atoms with Crippen molar-refractivity contribution in [2.75, 3.05) is 32.0 Å². The van der Waals surface area contributed by atoms with Crippen LogP contribution < -0.4 is 11.1 Å². The van der Waals surface area contributed by atoms with Gasteiger partial charge in [-0.25, -0.2) is 9.79 Å². The van der Waals surface area contributed by atoms with Gasteiger partial charge >= 0.3 is 6.16 Å². The number of rotatable bonds is 8. The SMILES string of the molecule is CC(OC(=O)OCCCO[N+](=O)[O-])N1CCN/C1=N\c1c(Cl)cc(N)cc1Cl. The molecule has 1 saturated heterocycles. The number of nitrogens with zero attached hydrogens (tertiary/aromatic N) is 3. The van der Waals surface area contributed by atoms with E-state index in [1.54, 1.807) is 11.8 Å². The summed E-state index contributed by atoms with van der Waals surface area (Å²) in [6, 6.07) is 3.07. The van der Waals surface area contributed by atoms with Crippen molar-refractivity contribution < 1.29 is 24.2 Å². The van der Waals surface area contributed by atoms with Crippen LogP contribution in [-0.2, 0) is 14.3 Å². The summed E-state index contributed by atoms with van der Waals surface area (Å²) < 4.78 is 10.0. The van der Waals surface area contributed by atoms with Gasteiger partial charge in [-0.2, -0.15) is 0 Å². The predicted molar refractivity (Wildman–Crippen MR) is 102 cm³/mol. The lowest BCUT2D eigenvalue weighted by Gasteiger charge is -2.25. The maximum atomic E-state index is 11.8. The van der Waals surface area contributed by atoms with E-state index in [0.717, 1.165) is 0 Å². The van der Waals surface area contributed by atoms with Crippen LogP contribution in [0.2, 0.25) is 10.0 Å². The van der Waals surface area contributed by atoms with Crippen molar-refractivity contribution in [2.24, 2.45) is 4.99 Å². The molecule has 0 aromatic heterocycles. The average Bonchev–Trinajstić information content (AvgIpc) is 3.05. The number of hydrogen-bond acceptors (Lipinski definition) is 8. The van der Waals surface area contributed by atoms with Crippen LogP contribution in [0.4, 0.5) is 16.2 Å². The molecule has 1 atom stereocenters. The highest BCUT2D eigenvalue weighted by Gasteiger charge is 2.27. The number of nitrogens with two attached hydrogens (primary N) is 1. The van der Waals surface area contributed by atoms with E-state index < -0.39 is 17.5 Å². The fourth-order valence-corrected chi connectivity index (χ4v) is 2.93. The molecule has 0 saturated carbocycles. The Labute approximate surface area is 170 Å². The summed E-state index contributed by atoms with van der Waals surface area (Å²) in [7, 11) is 0. The Kier molecular flexibility index (Phi) is 7.76. The first-order chi connectivity index (χ1) is 13.3. The van der Waals surface area contributed by atoms with Gasteiger partial charge in [-0.1, -0.05) is 23.2 Å². The van der Waals surface area contributed by atoms with Gasteiger partial charge in [0.1, 0.15) is 5.69 Å². The number of halogens is 2. The third kappa shape index (κ3) is 6.20. The van der Waals surface area contributed by atoms with Crippen LogP contribution >= 0.6 is 23.2 Å². The molecule has 0 radical (unpaired) electrons. The first kappa shape index (κ1) is 21.6. The maximum absolute atomic E-state index is 11.8. The van der Waals surface area contributed by atoms with E-state index in [2.05, 4.69) is 15.1 Å². The second kappa shape index (κ2) is 10.0. The van der Waals surface area contributed by atoms with E-state index in [0.29, 0.717) is 30.4 Å². The van der Waals surface area contributed by atoms with Gasteiger partial charge in [-0.3, -0.25) is 0 Å². The van der Waals surface area contributed by atoms with Crippen molar-refractivity contribution in [2.45, 2.75) is 19.6 Å². The minimum Gasteiger partial charge on any atom is -0.434 e. The maximum Gasteiger partial charge on any atom is 0.510 e. The molecule has 1 aliphatic rings. The third-order valence-corrected chi connectivity index (χ3v) is 4.15. The molecule has 1 fully saturated rings. The summed E-state index contributed by atoms with van der Waals surface area (Å²) in [5, 5.41) is 12.7. The van der Waals surface area contributed by atoms with Gasteiger partial charge in [-0.05, 0) is 19.1 Å².